The van der Waals surface area contributed by atoms with Crippen LogP contribution in [0.5, 0.6) is 0 Å². The lowest BCUT2D eigenvalue weighted by atomic mass is 10.0. The van der Waals surface area contributed by atoms with E-state index in [1.807, 2.05) is 0 Å². The quantitative estimate of drug-likeness (QED) is 0.629. The van der Waals surface area contributed by atoms with E-state index in [-0.39, 0.29) is 12.2 Å². The summed E-state index contributed by atoms with van der Waals surface area (Å²) in [6.45, 7) is 0. The zero-order chi connectivity index (χ0) is 9.71. The first-order valence-electron chi connectivity index (χ1n) is 5.22. The van der Waals surface area contributed by atoms with Crippen LogP contribution < -0.4 is 0 Å². The van der Waals surface area contributed by atoms with Crippen LogP contribution in [-0.2, 0) is 25.7 Å². The van der Waals surface area contributed by atoms with Gasteiger partial charge in [-0.3, -0.25) is 0 Å². The Morgan fingerprint density at radius 3 is 1.29 bits per heavy atom. The monoisotopic (exact) mass is 190 g/mol. The average Bonchev–Trinajstić information content (AvgIpc) is 2.59. The maximum Gasteiger partial charge on any atom is 0.0621 e. The highest BCUT2D eigenvalue weighted by Crippen LogP contribution is 2.30. The second-order valence-corrected chi connectivity index (χ2v) is 4.51. The Morgan fingerprint density at radius 1 is 0.714 bits per heavy atom. The molecule has 2 aliphatic rings. The Bertz CT molecular complexity index is 316. The number of hydrogen-bond acceptors (Lipinski definition) is 2. The molecule has 74 valence electrons. The van der Waals surface area contributed by atoms with Gasteiger partial charge in [-0.2, -0.15) is 0 Å². The Hall–Kier alpha value is -0.860. The maximum absolute atomic E-state index is 9.53. The second-order valence-electron chi connectivity index (χ2n) is 4.51. The first-order valence-corrected chi connectivity index (χ1v) is 5.22. The van der Waals surface area contributed by atoms with E-state index in [1.165, 1.54) is 22.3 Å². The molecule has 14 heavy (non-hydrogen) atoms. The molecule has 2 aliphatic carbocycles. The van der Waals surface area contributed by atoms with E-state index in [9.17, 15) is 10.2 Å². The highest BCUT2D eigenvalue weighted by atomic mass is 16.3. The van der Waals surface area contributed by atoms with Crippen LogP contribution in [-0.4, -0.2) is 22.4 Å². The molecule has 0 atom stereocenters. The lowest BCUT2D eigenvalue weighted by molar-refractivity contribution is 0.186. The zero-order valence-electron chi connectivity index (χ0n) is 8.03. The summed E-state index contributed by atoms with van der Waals surface area (Å²) >= 11 is 0. The summed E-state index contributed by atoms with van der Waals surface area (Å²) in [6.07, 6.45) is 2.80. The Kier molecular flexibility index (Phi) is 1.70. The van der Waals surface area contributed by atoms with E-state index in [0.717, 1.165) is 25.7 Å². The molecule has 0 saturated heterocycles. The van der Waals surface area contributed by atoms with Crippen molar-refractivity contribution in [2.45, 2.75) is 37.9 Å². The van der Waals surface area contributed by atoms with Crippen molar-refractivity contribution in [1.29, 1.82) is 0 Å². The number of aliphatic hydroxyl groups is 2. The van der Waals surface area contributed by atoms with Gasteiger partial charge < -0.3 is 10.2 Å². The molecule has 0 heterocycles. The first kappa shape index (κ1) is 8.45. The van der Waals surface area contributed by atoms with Crippen molar-refractivity contribution in [3.05, 3.63) is 34.4 Å². The topological polar surface area (TPSA) is 40.5 Å². The van der Waals surface area contributed by atoms with Crippen LogP contribution in [0.4, 0.5) is 0 Å². The van der Waals surface area contributed by atoms with Crippen LogP contribution in [0.3, 0.4) is 0 Å². The van der Waals surface area contributed by atoms with Crippen molar-refractivity contribution < 1.29 is 10.2 Å². The molecule has 1 aromatic carbocycles. The van der Waals surface area contributed by atoms with Crippen LogP contribution in [0.15, 0.2) is 12.1 Å². The fraction of sp³-hybridized carbons (Fsp3) is 0.500. The Balaban J connectivity index is 2.05. The summed E-state index contributed by atoms with van der Waals surface area (Å²) in [7, 11) is 0. The molecule has 0 radical (unpaired) electrons. The highest BCUT2D eigenvalue weighted by molar-refractivity contribution is 5.44. The summed E-state index contributed by atoms with van der Waals surface area (Å²) in [4.78, 5) is 0. The number of fused-ring (bicyclic) bond motifs is 2. The summed E-state index contributed by atoms with van der Waals surface area (Å²) in [5.74, 6) is 0. The molecule has 0 aliphatic heterocycles. The predicted octanol–water partition coefficient (Wildman–Crippen LogP) is 0.606. The van der Waals surface area contributed by atoms with Crippen molar-refractivity contribution >= 4 is 0 Å². The minimum Gasteiger partial charge on any atom is -0.392 e. The van der Waals surface area contributed by atoms with Crippen LogP contribution in [0.1, 0.15) is 22.3 Å². The van der Waals surface area contributed by atoms with Gasteiger partial charge in [0.15, 0.2) is 0 Å². The molecule has 2 N–H and O–H groups in total. The molecule has 0 saturated carbocycles. The molecule has 0 fully saturated rings. The van der Waals surface area contributed by atoms with Crippen LogP contribution in [0, 0.1) is 0 Å². The highest BCUT2D eigenvalue weighted by Gasteiger charge is 2.25. The van der Waals surface area contributed by atoms with Gasteiger partial charge >= 0.3 is 0 Å². The molecule has 0 amide bonds. The van der Waals surface area contributed by atoms with Crippen LogP contribution in [0.2, 0.25) is 0 Å². The summed E-state index contributed by atoms with van der Waals surface area (Å²) in [5.41, 5.74) is 5.13. The van der Waals surface area contributed by atoms with E-state index in [4.69, 9.17) is 0 Å². The average molecular weight is 190 g/mol. The molecular formula is C12H14O2. The smallest absolute Gasteiger partial charge is 0.0621 e. The van der Waals surface area contributed by atoms with Gasteiger partial charge in [-0.1, -0.05) is 12.1 Å². The van der Waals surface area contributed by atoms with Crippen LogP contribution in [0.25, 0.3) is 0 Å². The van der Waals surface area contributed by atoms with Gasteiger partial charge in [-0.15, -0.1) is 0 Å². The van der Waals surface area contributed by atoms with Crippen molar-refractivity contribution in [2.24, 2.45) is 0 Å². The van der Waals surface area contributed by atoms with Crippen molar-refractivity contribution in [3.63, 3.8) is 0 Å². The van der Waals surface area contributed by atoms with E-state index >= 15 is 0 Å². The molecule has 0 unspecified atom stereocenters. The largest absolute Gasteiger partial charge is 0.392 e. The molecule has 2 heteroatoms. The molecule has 0 spiro atoms. The van der Waals surface area contributed by atoms with E-state index in [2.05, 4.69) is 12.1 Å². The fourth-order valence-electron chi connectivity index (χ4n) is 2.71. The van der Waals surface area contributed by atoms with Gasteiger partial charge in [0, 0.05) is 0 Å². The lowest BCUT2D eigenvalue weighted by Gasteiger charge is -2.03. The number of aliphatic hydroxyl groups excluding tert-OH is 2. The summed E-state index contributed by atoms with van der Waals surface area (Å²) < 4.78 is 0. The summed E-state index contributed by atoms with van der Waals surface area (Å²) in [6, 6.07) is 4.36. The third-order valence-corrected chi connectivity index (χ3v) is 3.34. The van der Waals surface area contributed by atoms with Crippen molar-refractivity contribution in [2.75, 3.05) is 0 Å². The molecule has 3 rings (SSSR count). The second kappa shape index (κ2) is 2.81. The minimum atomic E-state index is -0.183. The molecule has 0 aromatic heterocycles. The number of benzene rings is 1. The van der Waals surface area contributed by atoms with E-state index in [1.54, 1.807) is 0 Å². The van der Waals surface area contributed by atoms with Gasteiger partial charge in [-0.25, -0.2) is 0 Å². The van der Waals surface area contributed by atoms with Crippen molar-refractivity contribution in [1.82, 2.24) is 0 Å². The maximum atomic E-state index is 9.53. The van der Waals surface area contributed by atoms with Crippen LogP contribution >= 0.6 is 0 Å². The molecular weight excluding hydrogens is 176 g/mol. The third-order valence-electron chi connectivity index (χ3n) is 3.34. The van der Waals surface area contributed by atoms with Gasteiger partial charge in [0.05, 0.1) is 12.2 Å². The van der Waals surface area contributed by atoms with Crippen molar-refractivity contribution in [3.8, 4) is 0 Å². The summed E-state index contributed by atoms with van der Waals surface area (Å²) in [5, 5.41) is 19.1. The van der Waals surface area contributed by atoms with Gasteiger partial charge in [-0.05, 0) is 47.9 Å². The lowest BCUT2D eigenvalue weighted by Crippen LogP contribution is -2.04. The standard InChI is InChI=1S/C12H14O2/c13-11-3-7-1-8-4-12(14)6-10(8)2-9(7)5-11/h1-2,11-14H,3-6H2. The van der Waals surface area contributed by atoms with Gasteiger partial charge in [0.1, 0.15) is 0 Å². The third kappa shape index (κ3) is 1.18. The number of hydrogen-bond donors (Lipinski definition) is 2. The zero-order valence-corrected chi connectivity index (χ0v) is 8.03. The van der Waals surface area contributed by atoms with Gasteiger partial charge in [0.25, 0.3) is 0 Å². The molecule has 2 nitrogen and oxygen atoms in total. The first-order chi connectivity index (χ1) is 6.72. The van der Waals surface area contributed by atoms with Gasteiger partial charge in [0.2, 0.25) is 0 Å². The number of rotatable bonds is 0. The molecule has 1 aromatic rings. The minimum absolute atomic E-state index is 0.183. The molecule has 0 bridgehead atoms. The SMILES string of the molecule is OC1Cc2cc3c(cc2C1)CC(O)C3. The fourth-order valence-corrected chi connectivity index (χ4v) is 2.71. The van der Waals surface area contributed by atoms with E-state index < -0.39 is 0 Å². The Morgan fingerprint density at radius 2 is 1.00 bits per heavy atom. The normalized spacial score (nSPS) is 21.3. The Labute approximate surface area is 83.2 Å². The predicted molar refractivity (Wildman–Crippen MR) is 53.3 cm³/mol. The van der Waals surface area contributed by atoms with E-state index in [0.29, 0.717) is 0 Å².